The summed E-state index contributed by atoms with van der Waals surface area (Å²) in [5.74, 6) is 0.554. The molecule has 1 aromatic carbocycles. The lowest BCUT2D eigenvalue weighted by Gasteiger charge is -2.22. The quantitative estimate of drug-likeness (QED) is 0.366. The molecule has 11 heteroatoms. The molecule has 0 radical (unpaired) electrons. The summed E-state index contributed by atoms with van der Waals surface area (Å²) in [5, 5.41) is 17.3. The zero-order chi connectivity index (χ0) is 24.4. The Labute approximate surface area is 200 Å². The highest BCUT2D eigenvalue weighted by Gasteiger charge is 2.24. The number of benzene rings is 1. The van der Waals surface area contributed by atoms with Gasteiger partial charge in [-0.25, -0.2) is 14.6 Å². The van der Waals surface area contributed by atoms with Crippen molar-refractivity contribution in [3.05, 3.63) is 58.8 Å². The summed E-state index contributed by atoms with van der Waals surface area (Å²) in [6, 6.07) is 4.99. The third-order valence-electron chi connectivity index (χ3n) is 5.63. The number of amides is 1. The Morgan fingerprint density at radius 3 is 2.85 bits per heavy atom. The van der Waals surface area contributed by atoms with Crippen LogP contribution >= 0.6 is 11.6 Å². The van der Waals surface area contributed by atoms with E-state index in [4.69, 9.17) is 27.2 Å². The Kier molecular flexibility index (Phi) is 6.62. The molecule has 10 nitrogen and oxygen atoms in total. The van der Waals surface area contributed by atoms with Gasteiger partial charge in [-0.1, -0.05) is 11.6 Å². The molecule has 3 heterocycles. The first kappa shape index (κ1) is 23.4. The van der Waals surface area contributed by atoms with E-state index in [1.165, 1.54) is 6.33 Å². The van der Waals surface area contributed by atoms with Crippen molar-refractivity contribution in [1.82, 2.24) is 30.0 Å². The minimum atomic E-state index is -0.386. The van der Waals surface area contributed by atoms with Gasteiger partial charge < -0.3 is 20.9 Å². The van der Waals surface area contributed by atoms with Crippen LogP contribution in [0.2, 0.25) is 5.02 Å². The summed E-state index contributed by atoms with van der Waals surface area (Å²) in [4.78, 5) is 24.9. The molecule has 0 saturated heterocycles. The summed E-state index contributed by atoms with van der Waals surface area (Å²) in [6.45, 7) is 3.82. The molecule has 0 aliphatic heterocycles. The number of methoxy groups -OCH3 is 1. The fourth-order valence-corrected chi connectivity index (χ4v) is 4.10. The smallest absolute Gasteiger partial charge is 0.269 e. The first-order valence-corrected chi connectivity index (χ1v) is 10.9. The Bertz CT molecular complexity index is 1370. The number of halogens is 1. The minimum absolute atomic E-state index is 0.137. The number of nitrogens with two attached hydrogens (primary N) is 1. The molecule has 1 atom stereocenters. The van der Waals surface area contributed by atoms with E-state index < -0.39 is 0 Å². The number of aliphatic hydroxyl groups excluding tert-OH is 1. The normalized spacial score (nSPS) is 12.0. The Balaban J connectivity index is 1.86. The second kappa shape index (κ2) is 9.62. The minimum Gasteiger partial charge on any atom is -0.496 e. The monoisotopic (exact) mass is 481 g/mol. The van der Waals surface area contributed by atoms with Gasteiger partial charge in [-0.2, -0.15) is 5.10 Å². The number of hydrogen-bond donors (Lipinski definition) is 3. The van der Waals surface area contributed by atoms with E-state index in [0.29, 0.717) is 33.2 Å². The summed E-state index contributed by atoms with van der Waals surface area (Å²) < 4.78 is 7.61. The number of carbonyl (C=O) groups excluding carboxylic acids is 1. The highest BCUT2D eigenvalue weighted by molar-refractivity contribution is 6.32. The van der Waals surface area contributed by atoms with Crippen molar-refractivity contribution < 1.29 is 14.6 Å². The Hall–Kier alpha value is -3.76. The summed E-state index contributed by atoms with van der Waals surface area (Å²) >= 11 is 6.66. The molecule has 3 aromatic heterocycles. The van der Waals surface area contributed by atoms with Crippen LogP contribution in [0.25, 0.3) is 22.2 Å². The van der Waals surface area contributed by atoms with Crippen LogP contribution in [0.15, 0.2) is 36.9 Å². The third-order valence-corrected chi connectivity index (χ3v) is 6.02. The molecule has 34 heavy (non-hydrogen) atoms. The molecule has 176 valence electrons. The van der Waals surface area contributed by atoms with Gasteiger partial charge in [0.25, 0.3) is 5.91 Å². The van der Waals surface area contributed by atoms with Crippen LogP contribution in [0.5, 0.6) is 5.75 Å². The number of nitrogen functional groups attached to an aromatic ring is 1. The molecule has 1 amide bonds. The van der Waals surface area contributed by atoms with Gasteiger partial charge in [-0.15, -0.1) is 0 Å². The van der Waals surface area contributed by atoms with Crippen molar-refractivity contribution in [3.8, 4) is 16.9 Å². The van der Waals surface area contributed by atoms with Crippen LogP contribution in [0.3, 0.4) is 0 Å². The topological polar surface area (TPSA) is 141 Å². The first-order chi connectivity index (χ1) is 16.4. The van der Waals surface area contributed by atoms with Gasteiger partial charge in [0, 0.05) is 28.9 Å². The molecule has 0 saturated carbocycles. The molecule has 0 aliphatic carbocycles. The summed E-state index contributed by atoms with van der Waals surface area (Å²) in [7, 11) is 1.58. The average molecular weight is 482 g/mol. The molecule has 4 rings (SSSR count). The molecule has 0 spiro atoms. The van der Waals surface area contributed by atoms with Gasteiger partial charge >= 0.3 is 0 Å². The van der Waals surface area contributed by atoms with Gasteiger partial charge in [0.15, 0.2) is 5.65 Å². The second-order valence-corrected chi connectivity index (χ2v) is 8.06. The average Bonchev–Trinajstić information content (AvgIpc) is 3.29. The molecule has 1 unspecified atom stereocenters. The number of nitrogens with one attached hydrogen (secondary N) is 1. The van der Waals surface area contributed by atoms with Crippen molar-refractivity contribution in [1.29, 1.82) is 0 Å². The van der Waals surface area contributed by atoms with E-state index in [1.807, 2.05) is 19.9 Å². The van der Waals surface area contributed by atoms with Crippen molar-refractivity contribution in [2.45, 2.75) is 19.9 Å². The van der Waals surface area contributed by atoms with E-state index in [0.717, 1.165) is 16.7 Å². The predicted octanol–water partition coefficient (Wildman–Crippen LogP) is 2.77. The van der Waals surface area contributed by atoms with Crippen LogP contribution in [-0.2, 0) is 0 Å². The maximum atomic E-state index is 12.4. The number of aromatic nitrogens is 5. The Morgan fingerprint density at radius 1 is 1.32 bits per heavy atom. The zero-order valence-electron chi connectivity index (χ0n) is 18.9. The largest absolute Gasteiger partial charge is 0.496 e. The number of aliphatic hydroxyl groups is 1. The van der Waals surface area contributed by atoms with Crippen LogP contribution in [0.1, 0.15) is 34.6 Å². The SMILES string of the molecule is COc1c(C(C)n2ncc3c(N)ncnc32)cc(Cl)c(C)c1-c1ccnc(C(=O)NCCO)c1. The van der Waals surface area contributed by atoms with Crippen LogP contribution < -0.4 is 15.8 Å². The van der Waals surface area contributed by atoms with Crippen molar-refractivity contribution >= 4 is 34.4 Å². The number of nitrogens with zero attached hydrogens (tertiary/aromatic N) is 5. The lowest BCUT2D eigenvalue weighted by molar-refractivity contribution is 0.0940. The molecular formula is C23H24ClN7O3. The third kappa shape index (κ3) is 4.13. The van der Waals surface area contributed by atoms with E-state index in [-0.39, 0.29) is 30.8 Å². The lowest BCUT2D eigenvalue weighted by atomic mass is 9.94. The highest BCUT2D eigenvalue weighted by Crippen LogP contribution is 2.43. The van der Waals surface area contributed by atoms with Crippen molar-refractivity contribution in [3.63, 3.8) is 0 Å². The highest BCUT2D eigenvalue weighted by atomic mass is 35.5. The van der Waals surface area contributed by atoms with E-state index in [1.54, 1.807) is 36.3 Å². The van der Waals surface area contributed by atoms with Crippen LogP contribution in [0, 0.1) is 6.92 Å². The fourth-order valence-electron chi connectivity index (χ4n) is 3.89. The number of anilines is 1. The van der Waals surface area contributed by atoms with Gasteiger partial charge in [-0.05, 0) is 43.2 Å². The molecular weight excluding hydrogens is 458 g/mol. The lowest BCUT2D eigenvalue weighted by Crippen LogP contribution is -2.27. The van der Waals surface area contributed by atoms with E-state index in [9.17, 15) is 4.79 Å². The van der Waals surface area contributed by atoms with Crippen molar-refractivity contribution in [2.24, 2.45) is 0 Å². The van der Waals surface area contributed by atoms with Crippen LogP contribution in [-0.4, -0.2) is 56.0 Å². The second-order valence-electron chi connectivity index (χ2n) is 7.65. The molecule has 0 aliphatic rings. The van der Waals surface area contributed by atoms with Crippen molar-refractivity contribution in [2.75, 3.05) is 26.0 Å². The van der Waals surface area contributed by atoms with Crippen LogP contribution in [0.4, 0.5) is 5.82 Å². The molecule has 0 fully saturated rings. The standard InChI is InChI=1S/C23H24ClN7O3/c1-12-17(24)9-15(13(2)31-22-16(10-30-31)21(25)28-11-29-22)20(34-3)19(12)14-4-5-26-18(8-14)23(33)27-6-7-32/h4-5,8-11,13,32H,6-7H2,1-3H3,(H,27,33)(H2,25,28,29). The van der Waals surface area contributed by atoms with E-state index in [2.05, 4.69) is 25.4 Å². The summed E-state index contributed by atoms with van der Waals surface area (Å²) in [6.07, 6.45) is 4.57. The number of ether oxygens (including phenoxy) is 1. The summed E-state index contributed by atoms with van der Waals surface area (Å²) in [5.41, 5.74) is 9.80. The predicted molar refractivity (Wildman–Crippen MR) is 129 cm³/mol. The maximum Gasteiger partial charge on any atom is 0.269 e. The maximum absolute atomic E-state index is 12.4. The number of rotatable bonds is 7. The fraction of sp³-hybridized carbons (Fsp3) is 0.261. The van der Waals surface area contributed by atoms with Gasteiger partial charge in [0.05, 0.1) is 31.3 Å². The van der Waals surface area contributed by atoms with Gasteiger partial charge in [0.2, 0.25) is 0 Å². The zero-order valence-corrected chi connectivity index (χ0v) is 19.7. The number of pyridine rings is 1. The number of fused-ring (bicyclic) bond motifs is 1. The van der Waals surface area contributed by atoms with E-state index >= 15 is 0 Å². The molecule has 4 N–H and O–H groups in total. The molecule has 0 bridgehead atoms. The molecule has 4 aromatic rings. The first-order valence-electron chi connectivity index (χ1n) is 10.5. The van der Waals surface area contributed by atoms with Gasteiger partial charge in [0.1, 0.15) is 23.6 Å². The van der Waals surface area contributed by atoms with Gasteiger partial charge in [-0.3, -0.25) is 9.78 Å². The number of hydrogen-bond acceptors (Lipinski definition) is 8. The number of carbonyl (C=O) groups is 1. The Morgan fingerprint density at radius 2 is 2.12 bits per heavy atom.